The second-order valence-corrected chi connectivity index (χ2v) is 8.34. The fourth-order valence-electron chi connectivity index (χ4n) is 3.29. The first kappa shape index (κ1) is 16.9. The molecule has 0 aliphatic carbocycles. The fraction of sp³-hybridized carbons (Fsp3) is 0.500. The average molecular weight is 352 g/mol. The van der Waals surface area contributed by atoms with Gasteiger partial charge >= 0.3 is 5.97 Å². The van der Waals surface area contributed by atoms with Crippen molar-refractivity contribution in [2.75, 3.05) is 19.6 Å². The second-order valence-electron chi connectivity index (χ2n) is 6.40. The molecule has 0 spiro atoms. The Morgan fingerprint density at radius 2 is 1.88 bits per heavy atom. The molecule has 2 saturated heterocycles. The van der Waals surface area contributed by atoms with Gasteiger partial charge in [-0.05, 0) is 25.5 Å². The number of carboxylic acid groups (broad SMARTS) is 1. The van der Waals surface area contributed by atoms with E-state index in [1.807, 2.05) is 6.92 Å². The molecular weight excluding hydrogens is 332 g/mol. The van der Waals surface area contributed by atoms with Gasteiger partial charge in [-0.3, -0.25) is 9.59 Å². The standard InChI is InChI=1S/C16H20N2O5S/c1-11-2-4-14(5-3-11)24(22,23)17-7-6-13(10-17)18-9-12(16(20)21)8-15(18)19/h2-5,12-13H,6-10H2,1H3,(H,20,21). The van der Waals surface area contributed by atoms with Crippen molar-refractivity contribution in [2.45, 2.75) is 30.7 Å². The van der Waals surface area contributed by atoms with Crippen molar-refractivity contribution < 1.29 is 23.1 Å². The summed E-state index contributed by atoms with van der Waals surface area (Å²) in [5.41, 5.74) is 0.982. The Labute approximate surface area is 140 Å². The second kappa shape index (κ2) is 6.18. The van der Waals surface area contributed by atoms with Gasteiger partial charge in [-0.2, -0.15) is 4.31 Å². The van der Waals surface area contributed by atoms with Crippen molar-refractivity contribution in [3.8, 4) is 0 Å². The molecule has 24 heavy (non-hydrogen) atoms. The highest BCUT2D eigenvalue weighted by Gasteiger charge is 2.42. The molecule has 1 aromatic carbocycles. The molecule has 2 atom stereocenters. The van der Waals surface area contributed by atoms with Crippen molar-refractivity contribution in [3.05, 3.63) is 29.8 Å². The highest BCUT2D eigenvalue weighted by atomic mass is 32.2. The topological polar surface area (TPSA) is 95.0 Å². The number of rotatable bonds is 4. The summed E-state index contributed by atoms with van der Waals surface area (Å²) >= 11 is 0. The van der Waals surface area contributed by atoms with Crippen LogP contribution in [0.2, 0.25) is 0 Å². The van der Waals surface area contributed by atoms with E-state index in [9.17, 15) is 18.0 Å². The molecule has 130 valence electrons. The van der Waals surface area contributed by atoms with Crippen LogP contribution in [0.4, 0.5) is 0 Å². The Morgan fingerprint density at radius 3 is 2.46 bits per heavy atom. The minimum absolute atomic E-state index is 0.00343. The van der Waals surface area contributed by atoms with Crippen LogP contribution in [0.3, 0.4) is 0 Å². The lowest BCUT2D eigenvalue weighted by Gasteiger charge is -2.24. The van der Waals surface area contributed by atoms with Gasteiger partial charge in [-0.1, -0.05) is 17.7 Å². The molecule has 2 heterocycles. The largest absolute Gasteiger partial charge is 0.481 e. The Morgan fingerprint density at radius 1 is 1.21 bits per heavy atom. The summed E-state index contributed by atoms with van der Waals surface area (Å²) < 4.78 is 26.8. The summed E-state index contributed by atoms with van der Waals surface area (Å²) in [6.07, 6.45) is 0.527. The number of hydrogen-bond acceptors (Lipinski definition) is 4. The number of aliphatic carboxylic acids is 1. The molecule has 0 saturated carbocycles. The van der Waals surface area contributed by atoms with E-state index in [1.54, 1.807) is 24.3 Å². The Kier molecular flexibility index (Phi) is 4.35. The number of sulfonamides is 1. The first-order valence-corrected chi connectivity index (χ1v) is 9.32. The Balaban J connectivity index is 1.72. The van der Waals surface area contributed by atoms with E-state index in [2.05, 4.69) is 0 Å². The zero-order valence-corrected chi connectivity index (χ0v) is 14.2. The van der Waals surface area contributed by atoms with Gasteiger partial charge in [0.05, 0.1) is 10.8 Å². The van der Waals surface area contributed by atoms with Crippen LogP contribution in [0.1, 0.15) is 18.4 Å². The maximum atomic E-state index is 12.7. The first-order chi connectivity index (χ1) is 11.3. The van der Waals surface area contributed by atoms with Crippen LogP contribution in [-0.4, -0.2) is 60.3 Å². The molecule has 2 aliphatic rings. The summed E-state index contributed by atoms with van der Waals surface area (Å²) in [5, 5.41) is 9.06. The van der Waals surface area contributed by atoms with Crippen LogP contribution in [0, 0.1) is 12.8 Å². The summed E-state index contributed by atoms with van der Waals surface area (Å²) in [4.78, 5) is 24.9. The van der Waals surface area contributed by atoms with Crippen molar-refractivity contribution in [1.29, 1.82) is 0 Å². The predicted octanol–water partition coefficient (Wildman–Crippen LogP) is 0.691. The number of carbonyl (C=O) groups excluding carboxylic acids is 1. The Hall–Kier alpha value is -1.93. The lowest BCUT2D eigenvalue weighted by Crippen LogP contribution is -2.40. The SMILES string of the molecule is Cc1ccc(S(=O)(=O)N2CCC(N3CC(C(=O)O)CC3=O)C2)cc1. The number of nitrogens with zero attached hydrogens (tertiary/aromatic N) is 2. The monoisotopic (exact) mass is 352 g/mol. The van der Waals surface area contributed by atoms with Gasteiger partial charge in [0.15, 0.2) is 0 Å². The van der Waals surface area contributed by atoms with Crippen molar-refractivity contribution in [2.24, 2.45) is 5.92 Å². The zero-order valence-electron chi connectivity index (χ0n) is 13.4. The summed E-state index contributed by atoms with van der Waals surface area (Å²) in [5.74, 6) is -1.88. The van der Waals surface area contributed by atoms with E-state index in [1.165, 1.54) is 9.21 Å². The van der Waals surface area contributed by atoms with Crippen LogP contribution in [0.25, 0.3) is 0 Å². The van der Waals surface area contributed by atoms with Gasteiger partial charge in [0.2, 0.25) is 15.9 Å². The smallest absolute Gasteiger partial charge is 0.308 e. The van der Waals surface area contributed by atoms with Gasteiger partial charge in [0.25, 0.3) is 0 Å². The minimum atomic E-state index is -3.59. The van der Waals surface area contributed by atoms with Crippen molar-refractivity contribution >= 4 is 21.9 Å². The van der Waals surface area contributed by atoms with E-state index >= 15 is 0 Å². The van der Waals surface area contributed by atoms with E-state index in [0.717, 1.165) is 5.56 Å². The molecule has 1 amide bonds. The molecule has 2 fully saturated rings. The van der Waals surface area contributed by atoms with Crippen molar-refractivity contribution in [3.63, 3.8) is 0 Å². The quantitative estimate of drug-likeness (QED) is 0.860. The van der Waals surface area contributed by atoms with Gasteiger partial charge < -0.3 is 10.0 Å². The third-order valence-electron chi connectivity index (χ3n) is 4.73. The molecule has 1 N–H and O–H groups in total. The third-order valence-corrected chi connectivity index (χ3v) is 6.61. The molecule has 0 bridgehead atoms. The normalized spacial score (nSPS) is 25.4. The van der Waals surface area contributed by atoms with Crippen molar-refractivity contribution in [1.82, 2.24) is 9.21 Å². The molecule has 0 aromatic heterocycles. The van der Waals surface area contributed by atoms with Gasteiger partial charge in [0, 0.05) is 32.1 Å². The third kappa shape index (κ3) is 3.03. The molecular formula is C16H20N2O5S. The molecule has 1 aromatic rings. The molecule has 0 radical (unpaired) electrons. The summed E-state index contributed by atoms with van der Waals surface area (Å²) in [7, 11) is -3.59. The van der Waals surface area contributed by atoms with E-state index < -0.39 is 21.9 Å². The first-order valence-electron chi connectivity index (χ1n) is 7.88. The lowest BCUT2D eigenvalue weighted by molar-refractivity contribution is -0.141. The number of carboxylic acids is 1. The number of benzene rings is 1. The molecule has 8 heteroatoms. The number of hydrogen-bond donors (Lipinski definition) is 1. The van der Waals surface area contributed by atoms with E-state index in [4.69, 9.17) is 5.11 Å². The number of carbonyl (C=O) groups is 2. The maximum Gasteiger partial charge on any atom is 0.308 e. The number of amides is 1. The van der Waals surface area contributed by atoms with Gasteiger partial charge in [-0.25, -0.2) is 8.42 Å². The highest BCUT2D eigenvalue weighted by molar-refractivity contribution is 7.89. The average Bonchev–Trinajstić information content (AvgIpc) is 3.14. The van der Waals surface area contributed by atoms with Gasteiger partial charge in [0.1, 0.15) is 0 Å². The van der Waals surface area contributed by atoms with Gasteiger partial charge in [-0.15, -0.1) is 0 Å². The predicted molar refractivity (Wildman–Crippen MR) is 85.8 cm³/mol. The summed E-state index contributed by atoms with van der Waals surface area (Å²) in [6, 6.07) is 6.42. The lowest BCUT2D eigenvalue weighted by atomic mass is 10.1. The number of aryl methyl sites for hydroxylation is 1. The fourth-order valence-corrected chi connectivity index (χ4v) is 4.78. The number of likely N-dealkylation sites (tertiary alicyclic amines) is 1. The zero-order chi connectivity index (χ0) is 17.5. The van der Waals surface area contributed by atoms with Crippen LogP contribution in [-0.2, 0) is 19.6 Å². The summed E-state index contributed by atoms with van der Waals surface area (Å²) in [6.45, 7) is 2.61. The van der Waals surface area contributed by atoms with Crippen LogP contribution >= 0.6 is 0 Å². The van der Waals surface area contributed by atoms with Crippen LogP contribution in [0.15, 0.2) is 29.2 Å². The van der Waals surface area contributed by atoms with Crippen LogP contribution < -0.4 is 0 Å². The Bertz CT molecular complexity index is 759. The van der Waals surface area contributed by atoms with Crippen LogP contribution in [0.5, 0.6) is 0 Å². The van der Waals surface area contributed by atoms with E-state index in [0.29, 0.717) is 13.0 Å². The molecule has 7 nitrogen and oxygen atoms in total. The highest BCUT2D eigenvalue weighted by Crippen LogP contribution is 2.28. The molecule has 2 aliphatic heterocycles. The minimum Gasteiger partial charge on any atom is -0.481 e. The molecule has 3 rings (SSSR count). The maximum absolute atomic E-state index is 12.7. The van der Waals surface area contributed by atoms with E-state index in [-0.39, 0.29) is 36.4 Å². The molecule has 2 unspecified atom stereocenters.